The number of fused-ring (bicyclic) bond motifs is 1. The van der Waals surface area contributed by atoms with Gasteiger partial charge in [-0.1, -0.05) is 0 Å². The van der Waals surface area contributed by atoms with Gasteiger partial charge in [0.1, 0.15) is 5.72 Å². The summed E-state index contributed by atoms with van der Waals surface area (Å²) in [7, 11) is -1.64. The second kappa shape index (κ2) is 2.75. The van der Waals surface area contributed by atoms with Gasteiger partial charge >= 0.3 is 7.12 Å². The second-order valence-electron chi connectivity index (χ2n) is 2.53. The van der Waals surface area contributed by atoms with Crippen LogP contribution in [0, 0.1) is 6.92 Å². The molecule has 2 aromatic heterocycles. The van der Waals surface area contributed by atoms with Crippen molar-refractivity contribution in [1.82, 2.24) is 25.1 Å². The average molecular weight is 179 g/mol. The van der Waals surface area contributed by atoms with E-state index in [9.17, 15) is 0 Å². The predicted molar refractivity (Wildman–Crippen MR) is 44.0 cm³/mol. The number of aryl methyl sites for hydroxylation is 1. The third-order valence-corrected chi connectivity index (χ3v) is 1.49. The molecule has 0 radical (unpaired) electrons. The number of nitrogens with one attached hydrogen (secondary N) is 1. The minimum absolute atomic E-state index is 0.0161. The van der Waals surface area contributed by atoms with Gasteiger partial charge in [-0.2, -0.15) is 0 Å². The van der Waals surface area contributed by atoms with E-state index in [0.717, 1.165) is 0 Å². The van der Waals surface area contributed by atoms with E-state index in [1.165, 1.54) is 0 Å². The minimum Gasteiger partial charge on any atom is -0.421 e. The largest absolute Gasteiger partial charge is 0.526 e. The maximum absolute atomic E-state index is 8.78. The number of rotatable bonds is 1. The zero-order valence-electron chi connectivity index (χ0n) is 6.76. The van der Waals surface area contributed by atoms with E-state index in [1.807, 2.05) is 0 Å². The van der Waals surface area contributed by atoms with Crippen LogP contribution in [-0.4, -0.2) is 42.3 Å². The monoisotopic (exact) mass is 179 g/mol. The molecule has 0 fully saturated rings. The van der Waals surface area contributed by atoms with Gasteiger partial charge in [-0.05, 0) is 6.92 Å². The molecule has 0 saturated heterocycles. The highest BCUT2D eigenvalue weighted by Gasteiger charge is 2.17. The van der Waals surface area contributed by atoms with E-state index >= 15 is 0 Å². The van der Waals surface area contributed by atoms with Crippen molar-refractivity contribution in [2.24, 2.45) is 0 Å². The Kier molecular flexibility index (Phi) is 1.71. The van der Waals surface area contributed by atoms with Crippen molar-refractivity contribution >= 4 is 24.1 Å². The molecule has 0 aliphatic carbocycles. The van der Waals surface area contributed by atoms with Crippen LogP contribution in [0.4, 0.5) is 0 Å². The summed E-state index contributed by atoms with van der Waals surface area (Å²) < 4.78 is 0. The molecule has 7 nitrogen and oxygen atoms in total. The molecule has 2 heterocycles. The second-order valence-corrected chi connectivity index (χ2v) is 2.53. The number of imidazole rings is 1. The van der Waals surface area contributed by atoms with Crippen LogP contribution in [0.25, 0.3) is 11.3 Å². The van der Waals surface area contributed by atoms with Gasteiger partial charge in [-0.3, -0.25) is 0 Å². The molecule has 0 unspecified atom stereocenters. The van der Waals surface area contributed by atoms with E-state index in [-0.39, 0.29) is 5.72 Å². The molecular formula is C5H6BN5O2. The Morgan fingerprint density at radius 1 is 1.23 bits per heavy atom. The normalized spacial score (nSPS) is 10.7. The molecule has 0 aliphatic rings. The van der Waals surface area contributed by atoms with Gasteiger partial charge in [0.2, 0.25) is 5.65 Å². The van der Waals surface area contributed by atoms with Gasteiger partial charge in [0.15, 0.2) is 11.5 Å². The molecule has 0 amide bonds. The summed E-state index contributed by atoms with van der Waals surface area (Å²) in [5.74, 6) is 0.484. The van der Waals surface area contributed by atoms with Crippen molar-refractivity contribution in [2.75, 3.05) is 0 Å². The molecule has 0 saturated carbocycles. The fraction of sp³-hybridized carbons (Fsp3) is 0.200. The Hall–Kier alpha value is -1.54. The highest BCUT2D eigenvalue weighted by Crippen LogP contribution is 1.98. The summed E-state index contributed by atoms with van der Waals surface area (Å²) >= 11 is 0. The third kappa shape index (κ3) is 1.36. The number of hydrogen-bond donors (Lipinski definition) is 3. The molecule has 3 N–H and O–H groups in total. The van der Waals surface area contributed by atoms with E-state index in [4.69, 9.17) is 10.0 Å². The van der Waals surface area contributed by atoms with Crippen LogP contribution in [0.15, 0.2) is 0 Å². The lowest BCUT2D eigenvalue weighted by atomic mass is 9.91. The molecule has 0 aliphatic heterocycles. The summed E-state index contributed by atoms with van der Waals surface area (Å²) in [4.78, 5) is 10.3. The summed E-state index contributed by atoms with van der Waals surface area (Å²) in [6.45, 7) is 1.68. The summed E-state index contributed by atoms with van der Waals surface area (Å²) in [5, 5.41) is 25.0. The summed E-state index contributed by atoms with van der Waals surface area (Å²) in [5.41, 5.74) is 0.687. The molecule has 2 rings (SSSR count). The summed E-state index contributed by atoms with van der Waals surface area (Å²) in [6, 6.07) is 0. The Labute approximate surface area is 73.0 Å². The van der Waals surface area contributed by atoms with E-state index in [1.54, 1.807) is 6.92 Å². The fourth-order valence-corrected chi connectivity index (χ4v) is 0.940. The fourth-order valence-electron chi connectivity index (χ4n) is 0.940. The van der Waals surface area contributed by atoms with Crippen molar-refractivity contribution in [3.05, 3.63) is 5.82 Å². The van der Waals surface area contributed by atoms with Gasteiger partial charge < -0.3 is 15.0 Å². The smallest absolute Gasteiger partial charge is 0.421 e. The number of hydrogen-bond acceptors (Lipinski definition) is 6. The highest BCUT2D eigenvalue weighted by atomic mass is 16.4. The van der Waals surface area contributed by atoms with Crippen LogP contribution in [0.1, 0.15) is 5.82 Å². The lowest BCUT2D eigenvalue weighted by molar-refractivity contribution is 0.423. The molecule has 13 heavy (non-hydrogen) atoms. The Morgan fingerprint density at radius 2 is 2.00 bits per heavy atom. The third-order valence-electron chi connectivity index (χ3n) is 1.49. The van der Waals surface area contributed by atoms with Gasteiger partial charge in [0.25, 0.3) is 0 Å². The average Bonchev–Trinajstić information content (AvgIpc) is 2.46. The first-order valence-electron chi connectivity index (χ1n) is 3.60. The predicted octanol–water partition coefficient (Wildman–Crippen LogP) is -2.26. The van der Waals surface area contributed by atoms with Crippen molar-refractivity contribution in [1.29, 1.82) is 0 Å². The van der Waals surface area contributed by atoms with Crippen molar-refractivity contribution in [3.63, 3.8) is 0 Å². The van der Waals surface area contributed by atoms with Gasteiger partial charge in [0, 0.05) is 0 Å². The summed E-state index contributed by atoms with van der Waals surface area (Å²) in [6.07, 6.45) is 0. The maximum Gasteiger partial charge on any atom is 0.526 e. The SMILES string of the molecule is Cc1nnc2[nH]c(B(O)O)nc2n1. The first-order chi connectivity index (χ1) is 6.16. The van der Waals surface area contributed by atoms with Crippen molar-refractivity contribution in [2.45, 2.75) is 6.92 Å². The van der Waals surface area contributed by atoms with Crippen molar-refractivity contribution in [3.8, 4) is 0 Å². The van der Waals surface area contributed by atoms with Gasteiger partial charge in [-0.15, -0.1) is 10.2 Å². The Morgan fingerprint density at radius 3 is 2.69 bits per heavy atom. The Bertz CT molecular complexity index is 441. The topological polar surface area (TPSA) is 108 Å². The number of H-pyrrole nitrogens is 1. The van der Waals surface area contributed by atoms with Crippen LogP contribution < -0.4 is 5.72 Å². The van der Waals surface area contributed by atoms with Crippen LogP contribution in [-0.2, 0) is 0 Å². The van der Waals surface area contributed by atoms with Crippen LogP contribution in [0.5, 0.6) is 0 Å². The van der Waals surface area contributed by atoms with Crippen LogP contribution in [0.3, 0.4) is 0 Å². The number of aromatic nitrogens is 5. The molecule has 8 heteroatoms. The number of nitrogens with zero attached hydrogens (tertiary/aromatic N) is 4. The van der Waals surface area contributed by atoms with Gasteiger partial charge in [0.05, 0.1) is 0 Å². The quantitative estimate of drug-likeness (QED) is 0.426. The van der Waals surface area contributed by atoms with Gasteiger partial charge in [-0.25, -0.2) is 9.97 Å². The van der Waals surface area contributed by atoms with Crippen molar-refractivity contribution < 1.29 is 10.0 Å². The zero-order chi connectivity index (χ0) is 9.42. The first kappa shape index (κ1) is 8.08. The highest BCUT2D eigenvalue weighted by molar-refractivity contribution is 6.56. The van der Waals surface area contributed by atoms with E-state index in [2.05, 4.69) is 25.1 Å². The minimum atomic E-state index is -1.64. The molecule has 0 spiro atoms. The standard InChI is InChI=1S/C5H6BN5O2/c1-2-7-3-4(11-10-2)9-5(8-3)6(12)13/h12-13H,1H3,(H,7,8,9,10,11). The molecule has 0 bridgehead atoms. The van der Waals surface area contributed by atoms with Crippen LogP contribution in [0.2, 0.25) is 0 Å². The molecule has 66 valence electrons. The lowest BCUT2D eigenvalue weighted by Gasteiger charge is -1.87. The maximum atomic E-state index is 8.78. The first-order valence-corrected chi connectivity index (χ1v) is 3.60. The van der Waals surface area contributed by atoms with E-state index in [0.29, 0.717) is 17.1 Å². The molecule has 2 aromatic rings. The zero-order valence-corrected chi connectivity index (χ0v) is 6.76. The molecular weight excluding hydrogens is 173 g/mol. The molecule has 0 aromatic carbocycles. The van der Waals surface area contributed by atoms with E-state index < -0.39 is 7.12 Å². The van der Waals surface area contributed by atoms with Crippen LogP contribution >= 0.6 is 0 Å². The lowest BCUT2D eigenvalue weighted by Crippen LogP contribution is -2.33. The number of aromatic amines is 1. The Balaban J connectivity index is 2.62. The molecule has 0 atom stereocenters.